The Hall–Kier alpha value is -2.96. The number of allylic oxidation sites excluding steroid dienone is 3. The van der Waals surface area contributed by atoms with Crippen molar-refractivity contribution < 1.29 is 13.6 Å². The average molecular weight is 340 g/mol. The van der Waals surface area contributed by atoms with Crippen LogP contribution in [-0.2, 0) is 0 Å². The third-order valence-electron chi connectivity index (χ3n) is 4.65. The molecule has 0 fully saturated rings. The van der Waals surface area contributed by atoms with Gasteiger partial charge in [-0.25, -0.2) is 14.4 Å². The van der Waals surface area contributed by atoms with E-state index in [-0.39, 0.29) is 17.9 Å². The van der Waals surface area contributed by atoms with Crippen LogP contribution in [0.1, 0.15) is 34.9 Å². The molecule has 128 valence electrons. The van der Waals surface area contributed by atoms with E-state index in [9.17, 15) is 9.18 Å². The van der Waals surface area contributed by atoms with Crippen molar-refractivity contribution in [2.75, 3.05) is 12.8 Å². The Morgan fingerprint density at radius 2 is 2.28 bits per heavy atom. The van der Waals surface area contributed by atoms with Gasteiger partial charge in [0.2, 0.25) is 5.95 Å². The maximum absolute atomic E-state index is 14.2. The molecule has 0 saturated carbocycles. The summed E-state index contributed by atoms with van der Waals surface area (Å²) in [5.74, 6) is 0.303. The Morgan fingerprint density at radius 3 is 3.00 bits per heavy atom. The number of anilines is 1. The van der Waals surface area contributed by atoms with Crippen LogP contribution in [0, 0.1) is 0 Å². The summed E-state index contributed by atoms with van der Waals surface area (Å²) in [5.41, 5.74) is 7.78. The van der Waals surface area contributed by atoms with Crippen LogP contribution >= 0.6 is 0 Å². The number of alkyl halides is 1. The number of nitrogen functional groups attached to an aromatic ring is 1. The highest BCUT2D eigenvalue weighted by molar-refractivity contribution is 6.03. The lowest BCUT2D eigenvalue weighted by molar-refractivity contribution is 0.0771. The van der Waals surface area contributed by atoms with Crippen molar-refractivity contribution >= 4 is 11.9 Å². The van der Waals surface area contributed by atoms with Crippen molar-refractivity contribution in [1.82, 2.24) is 14.9 Å². The number of hydrogen-bond donors (Lipinski definition) is 1. The van der Waals surface area contributed by atoms with E-state index in [0.29, 0.717) is 41.1 Å². The molecule has 4 rings (SSSR count). The summed E-state index contributed by atoms with van der Waals surface area (Å²) in [6.45, 7) is 0. The molecule has 7 heteroatoms. The van der Waals surface area contributed by atoms with E-state index in [4.69, 9.17) is 10.2 Å². The summed E-state index contributed by atoms with van der Waals surface area (Å²) in [4.78, 5) is 22.8. The van der Waals surface area contributed by atoms with Gasteiger partial charge in [0, 0.05) is 13.5 Å². The Bertz CT molecular complexity index is 889. The second kappa shape index (κ2) is 5.84. The number of amides is 1. The summed E-state index contributed by atoms with van der Waals surface area (Å²) in [6.07, 6.45) is 6.59. The molecule has 2 aromatic rings. The second-order valence-electron chi connectivity index (χ2n) is 6.18. The molecule has 0 aromatic carbocycles. The molecule has 1 aliphatic heterocycles. The molecule has 0 bridgehead atoms. The summed E-state index contributed by atoms with van der Waals surface area (Å²) in [5, 5.41) is 0. The SMILES string of the molecule is CN1C(=O)c2c(-c3ccco3)nc(N)nc2C1CC1=CC=CCC1F. The average Bonchev–Trinajstić information content (AvgIpc) is 3.20. The molecule has 6 nitrogen and oxygen atoms in total. The number of nitrogens with zero attached hydrogens (tertiary/aromatic N) is 3. The maximum Gasteiger partial charge on any atom is 0.258 e. The number of rotatable bonds is 3. The third-order valence-corrected chi connectivity index (χ3v) is 4.65. The van der Waals surface area contributed by atoms with E-state index in [1.165, 1.54) is 6.26 Å². The Morgan fingerprint density at radius 1 is 1.44 bits per heavy atom. The fourth-order valence-corrected chi connectivity index (χ4v) is 3.34. The number of furan rings is 1. The van der Waals surface area contributed by atoms with Gasteiger partial charge in [-0.15, -0.1) is 0 Å². The Kier molecular flexibility index (Phi) is 3.63. The second-order valence-corrected chi connectivity index (χ2v) is 6.18. The molecule has 1 aliphatic carbocycles. The zero-order valence-corrected chi connectivity index (χ0v) is 13.6. The first-order valence-electron chi connectivity index (χ1n) is 8.04. The lowest BCUT2D eigenvalue weighted by atomic mass is 9.94. The van der Waals surface area contributed by atoms with Crippen LogP contribution in [-0.4, -0.2) is 34.0 Å². The quantitative estimate of drug-likeness (QED) is 0.928. The van der Waals surface area contributed by atoms with E-state index in [2.05, 4.69) is 9.97 Å². The number of fused-ring (bicyclic) bond motifs is 1. The van der Waals surface area contributed by atoms with Gasteiger partial charge in [0.05, 0.1) is 23.6 Å². The summed E-state index contributed by atoms with van der Waals surface area (Å²) >= 11 is 0. The van der Waals surface area contributed by atoms with Crippen molar-refractivity contribution in [2.45, 2.75) is 25.1 Å². The molecule has 3 heterocycles. The molecule has 1 amide bonds. The molecule has 2 unspecified atom stereocenters. The summed E-state index contributed by atoms with van der Waals surface area (Å²) < 4.78 is 19.6. The van der Waals surface area contributed by atoms with Crippen LogP contribution in [0.4, 0.5) is 10.3 Å². The Balaban J connectivity index is 1.80. The first-order valence-corrected chi connectivity index (χ1v) is 8.04. The fraction of sp³-hybridized carbons (Fsp3) is 0.278. The van der Waals surface area contributed by atoms with Crippen LogP contribution in [0.15, 0.2) is 46.6 Å². The van der Waals surface area contributed by atoms with Crippen LogP contribution in [0.3, 0.4) is 0 Å². The molecule has 2 aliphatic rings. The van der Waals surface area contributed by atoms with Crippen LogP contribution in [0.25, 0.3) is 11.5 Å². The van der Waals surface area contributed by atoms with Gasteiger partial charge in [-0.2, -0.15) is 0 Å². The van der Waals surface area contributed by atoms with Crippen LogP contribution in [0.2, 0.25) is 0 Å². The van der Waals surface area contributed by atoms with Gasteiger partial charge in [0.1, 0.15) is 11.9 Å². The molecule has 25 heavy (non-hydrogen) atoms. The van der Waals surface area contributed by atoms with Gasteiger partial charge in [-0.1, -0.05) is 18.2 Å². The molecule has 2 aromatic heterocycles. The van der Waals surface area contributed by atoms with Crippen molar-refractivity contribution in [3.8, 4) is 11.5 Å². The smallest absolute Gasteiger partial charge is 0.258 e. The van der Waals surface area contributed by atoms with Crippen LogP contribution < -0.4 is 5.73 Å². The highest BCUT2D eigenvalue weighted by Gasteiger charge is 2.40. The van der Waals surface area contributed by atoms with Crippen molar-refractivity contribution in [1.29, 1.82) is 0 Å². The summed E-state index contributed by atoms with van der Waals surface area (Å²) in [6, 6.07) is 3.06. The van der Waals surface area contributed by atoms with Crippen molar-refractivity contribution in [3.63, 3.8) is 0 Å². The highest BCUT2D eigenvalue weighted by atomic mass is 19.1. The van der Waals surface area contributed by atoms with Gasteiger partial charge in [0.15, 0.2) is 5.76 Å². The van der Waals surface area contributed by atoms with Crippen molar-refractivity contribution in [2.24, 2.45) is 0 Å². The minimum Gasteiger partial charge on any atom is -0.463 e. The molecule has 0 saturated heterocycles. The van der Waals surface area contributed by atoms with E-state index < -0.39 is 6.17 Å². The van der Waals surface area contributed by atoms with Crippen molar-refractivity contribution in [3.05, 3.63) is 53.5 Å². The number of nitrogens with two attached hydrogens (primary N) is 1. The normalized spacial score (nSPS) is 22.2. The first kappa shape index (κ1) is 15.6. The monoisotopic (exact) mass is 340 g/mol. The fourth-order valence-electron chi connectivity index (χ4n) is 3.34. The standard InChI is InChI=1S/C18H17FN4O2/c1-23-12(9-10-5-2-3-6-11(10)19)15-14(17(23)24)16(22-18(20)21-15)13-7-4-8-25-13/h2-5,7-8,11-12H,6,9H2,1H3,(H2,20,21,22). The van der Waals surface area contributed by atoms with E-state index in [1.54, 1.807) is 36.2 Å². The Labute approximate surface area is 143 Å². The third kappa shape index (κ3) is 2.52. The lowest BCUT2D eigenvalue weighted by Crippen LogP contribution is -2.25. The van der Waals surface area contributed by atoms with Gasteiger partial charge >= 0.3 is 0 Å². The topological polar surface area (TPSA) is 85.2 Å². The van der Waals surface area contributed by atoms with Gasteiger partial charge in [0.25, 0.3) is 5.91 Å². The molecule has 0 spiro atoms. The predicted molar refractivity (Wildman–Crippen MR) is 90.3 cm³/mol. The van der Waals surface area contributed by atoms with Gasteiger partial charge in [-0.05, 0) is 24.1 Å². The van der Waals surface area contributed by atoms with E-state index in [0.717, 1.165) is 0 Å². The predicted octanol–water partition coefficient (Wildman–Crippen LogP) is 3.06. The number of carbonyl (C=O) groups excluding carboxylic acids is 1. The zero-order chi connectivity index (χ0) is 17.6. The summed E-state index contributed by atoms with van der Waals surface area (Å²) in [7, 11) is 1.68. The number of halogens is 1. The van der Waals surface area contributed by atoms with E-state index >= 15 is 0 Å². The molecule has 0 radical (unpaired) electrons. The molecular weight excluding hydrogens is 323 g/mol. The number of aromatic nitrogens is 2. The number of carbonyl (C=O) groups is 1. The first-order chi connectivity index (χ1) is 12.1. The van der Waals surface area contributed by atoms with E-state index in [1.807, 2.05) is 6.08 Å². The van der Waals surface area contributed by atoms with Gasteiger partial charge < -0.3 is 15.1 Å². The maximum atomic E-state index is 14.2. The lowest BCUT2D eigenvalue weighted by Gasteiger charge is -2.23. The molecule has 2 N–H and O–H groups in total. The molecular formula is C18H17FN4O2. The number of hydrogen-bond acceptors (Lipinski definition) is 5. The minimum absolute atomic E-state index is 0.0626. The largest absolute Gasteiger partial charge is 0.463 e. The van der Waals surface area contributed by atoms with Gasteiger partial charge in [-0.3, -0.25) is 4.79 Å². The van der Waals surface area contributed by atoms with Crippen LogP contribution in [0.5, 0.6) is 0 Å². The zero-order valence-electron chi connectivity index (χ0n) is 13.6. The molecule has 2 atom stereocenters. The highest BCUT2D eigenvalue weighted by Crippen LogP contribution is 2.41. The minimum atomic E-state index is -1.04.